The Balaban J connectivity index is 2.02. The molecule has 0 aliphatic rings. The van der Waals surface area contributed by atoms with Gasteiger partial charge in [-0.1, -0.05) is 35.6 Å². The van der Waals surface area contributed by atoms with Crippen LogP contribution in [0.2, 0.25) is 0 Å². The van der Waals surface area contributed by atoms with Crippen LogP contribution in [0.25, 0.3) is 10.8 Å². The van der Waals surface area contributed by atoms with Gasteiger partial charge in [-0.3, -0.25) is 10.1 Å². The lowest BCUT2D eigenvalue weighted by atomic mass is 10.1. The Bertz CT molecular complexity index is 1050. The van der Waals surface area contributed by atoms with Crippen LogP contribution >= 0.6 is 11.3 Å². The molecule has 0 saturated heterocycles. The molecule has 0 unspecified atom stereocenters. The van der Waals surface area contributed by atoms with Gasteiger partial charge in [-0.25, -0.2) is 10.7 Å². The quantitative estimate of drug-likeness (QED) is 0.163. The van der Waals surface area contributed by atoms with Crippen molar-refractivity contribution in [2.75, 3.05) is 36.7 Å². The molecule has 2 aromatic carbocycles. The predicted octanol–water partition coefficient (Wildman–Crippen LogP) is 3.83. The molecule has 30 heavy (non-hydrogen) atoms. The summed E-state index contributed by atoms with van der Waals surface area (Å²) in [4.78, 5) is 16.3. The van der Waals surface area contributed by atoms with Gasteiger partial charge in [0.2, 0.25) is 5.00 Å². The van der Waals surface area contributed by atoms with E-state index in [0.29, 0.717) is 18.8 Å². The van der Waals surface area contributed by atoms with Crippen molar-refractivity contribution in [3.05, 3.63) is 52.6 Å². The lowest BCUT2D eigenvalue weighted by molar-refractivity contribution is -0.383. The van der Waals surface area contributed by atoms with Gasteiger partial charge in [0.05, 0.1) is 29.9 Å². The van der Waals surface area contributed by atoms with E-state index in [1.807, 2.05) is 29.2 Å². The zero-order valence-electron chi connectivity index (χ0n) is 15.6. The molecule has 4 N–H and O–H groups in total. The molecule has 0 saturated carbocycles. The Labute approximate surface area is 174 Å². The highest BCUT2D eigenvalue weighted by atomic mass is 32.1. The first kappa shape index (κ1) is 21.5. The van der Waals surface area contributed by atoms with Crippen LogP contribution in [0.3, 0.4) is 0 Å². The number of azo groups is 1. The van der Waals surface area contributed by atoms with Crippen molar-refractivity contribution in [3.63, 3.8) is 0 Å². The first-order valence-electron chi connectivity index (χ1n) is 8.83. The van der Waals surface area contributed by atoms with Gasteiger partial charge in [-0.2, -0.15) is 0 Å². The van der Waals surface area contributed by atoms with Crippen LogP contribution in [0.4, 0.5) is 27.1 Å². The predicted molar refractivity (Wildman–Crippen MR) is 113 cm³/mol. The summed E-state index contributed by atoms with van der Waals surface area (Å²) in [7, 11) is 0. The van der Waals surface area contributed by atoms with Crippen LogP contribution < -0.4 is 10.4 Å². The Morgan fingerprint density at radius 1 is 1.10 bits per heavy atom. The topological polar surface area (TPSA) is 153 Å². The highest BCUT2D eigenvalue weighted by molar-refractivity contribution is 7.20. The van der Waals surface area contributed by atoms with E-state index < -0.39 is 4.92 Å². The van der Waals surface area contributed by atoms with E-state index in [4.69, 9.17) is 5.26 Å². The number of nitrogens with zero attached hydrogens (tertiary/aromatic N) is 4. The Kier molecular flexibility index (Phi) is 7.21. The summed E-state index contributed by atoms with van der Waals surface area (Å²) in [6, 6.07) is 12.1. The third-order valence-electron chi connectivity index (χ3n) is 4.24. The van der Waals surface area contributed by atoms with Gasteiger partial charge >= 0.3 is 5.69 Å². The van der Waals surface area contributed by atoms with Crippen LogP contribution in [0.1, 0.15) is 0 Å². The second-order valence-electron chi connectivity index (χ2n) is 6.04. The van der Waals surface area contributed by atoms with E-state index in [-0.39, 0.29) is 28.9 Å². The minimum Gasteiger partial charge on any atom is -0.395 e. The highest BCUT2D eigenvalue weighted by Gasteiger charge is 2.20. The number of aliphatic hydroxyl groups excluding tert-OH is 2. The van der Waals surface area contributed by atoms with Crippen LogP contribution in [-0.4, -0.2) is 46.7 Å². The molecule has 0 atom stereocenters. The third kappa shape index (κ3) is 4.69. The number of anilines is 2. The number of hydrogen-bond donors (Lipinski definition) is 4. The molecular weight excluding hydrogens is 414 g/mol. The fourth-order valence-corrected chi connectivity index (χ4v) is 3.77. The summed E-state index contributed by atoms with van der Waals surface area (Å²) in [5, 5.41) is 48.4. The van der Waals surface area contributed by atoms with Crippen molar-refractivity contribution in [3.8, 4) is 0 Å². The zero-order valence-corrected chi connectivity index (χ0v) is 16.4. The molecule has 11 nitrogen and oxygen atoms in total. The van der Waals surface area contributed by atoms with E-state index in [0.717, 1.165) is 27.8 Å². The molecule has 0 bridgehead atoms. The number of fused-ring (bicyclic) bond motifs is 1. The van der Waals surface area contributed by atoms with Crippen molar-refractivity contribution < 1.29 is 25.4 Å². The zero-order chi connectivity index (χ0) is 21.5. The molecule has 158 valence electrons. The fraction of sp³-hybridized carbons (Fsp3) is 0.222. The molecule has 0 aliphatic heterocycles. The van der Waals surface area contributed by atoms with Crippen molar-refractivity contribution in [1.29, 1.82) is 0 Å². The standard InChI is InChI=1S/C18H19N5O6S/c24-9-7-22(8-10-25)15-6-5-14(12-3-1-2-4-13(12)15)19-20-18-16(23(26)27)11-17(30-18)21-29-28/h1-6,11,21,24-25,28H,7-10H2. The van der Waals surface area contributed by atoms with E-state index in [1.165, 1.54) is 6.07 Å². The summed E-state index contributed by atoms with van der Waals surface area (Å²) in [5.41, 5.74) is 3.16. The van der Waals surface area contributed by atoms with E-state index >= 15 is 0 Å². The summed E-state index contributed by atoms with van der Waals surface area (Å²) >= 11 is 0.896. The van der Waals surface area contributed by atoms with Crippen LogP contribution in [0.5, 0.6) is 0 Å². The number of nitro groups is 1. The normalized spacial score (nSPS) is 11.3. The largest absolute Gasteiger partial charge is 0.395 e. The molecule has 0 spiro atoms. The highest BCUT2D eigenvalue weighted by Crippen LogP contribution is 2.42. The molecule has 0 radical (unpaired) electrons. The van der Waals surface area contributed by atoms with E-state index in [1.54, 1.807) is 12.1 Å². The van der Waals surface area contributed by atoms with Crippen molar-refractivity contribution >= 4 is 49.2 Å². The molecule has 3 aromatic rings. The van der Waals surface area contributed by atoms with Crippen molar-refractivity contribution in [2.24, 2.45) is 10.2 Å². The molecule has 1 heterocycles. The summed E-state index contributed by atoms with van der Waals surface area (Å²) in [5.74, 6) is 0. The maximum atomic E-state index is 11.2. The molecule has 0 amide bonds. The number of hydrogen-bond acceptors (Lipinski definition) is 11. The van der Waals surface area contributed by atoms with Gasteiger partial charge in [0.25, 0.3) is 0 Å². The van der Waals surface area contributed by atoms with E-state index in [2.05, 4.69) is 20.7 Å². The number of nitrogens with one attached hydrogen (secondary N) is 1. The molecule has 1 aromatic heterocycles. The van der Waals surface area contributed by atoms with Crippen LogP contribution in [-0.2, 0) is 4.99 Å². The molecular formula is C18H19N5O6S. The molecule has 0 aliphatic carbocycles. The maximum Gasteiger partial charge on any atom is 0.310 e. The van der Waals surface area contributed by atoms with Crippen LogP contribution in [0.15, 0.2) is 52.7 Å². The Morgan fingerprint density at radius 2 is 1.80 bits per heavy atom. The van der Waals surface area contributed by atoms with Crippen molar-refractivity contribution in [2.45, 2.75) is 0 Å². The second kappa shape index (κ2) is 10.0. The monoisotopic (exact) mass is 433 g/mol. The van der Waals surface area contributed by atoms with Gasteiger partial charge in [0.1, 0.15) is 5.00 Å². The van der Waals surface area contributed by atoms with E-state index in [9.17, 15) is 20.3 Å². The number of thiophene rings is 1. The number of aliphatic hydroxyl groups is 2. The number of benzene rings is 2. The summed E-state index contributed by atoms with van der Waals surface area (Å²) in [6.07, 6.45) is 0. The smallest absolute Gasteiger partial charge is 0.310 e. The van der Waals surface area contributed by atoms with Crippen molar-refractivity contribution in [1.82, 2.24) is 0 Å². The minimum atomic E-state index is -0.601. The lowest BCUT2D eigenvalue weighted by Crippen LogP contribution is -2.29. The average molecular weight is 433 g/mol. The first-order valence-corrected chi connectivity index (χ1v) is 9.65. The SMILES string of the molecule is O=[N+]([O-])c1cc(NOO)sc1N=Nc1ccc(N(CCO)CCO)c2ccccc12. The van der Waals surface area contributed by atoms with Crippen LogP contribution in [0, 0.1) is 10.1 Å². The van der Waals surface area contributed by atoms with Gasteiger partial charge in [0.15, 0.2) is 0 Å². The summed E-state index contributed by atoms with van der Waals surface area (Å²) < 4.78 is 0. The summed E-state index contributed by atoms with van der Waals surface area (Å²) in [6.45, 7) is 0.586. The molecule has 0 fully saturated rings. The molecule has 3 rings (SSSR count). The average Bonchev–Trinajstić information content (AvgIpc) is 3.15. The second-order valence-corrected chi connectivity index (χ2v) is 7.07. The molecule has 12 heteroatoms. The number of rotatable bonds is 10. The minimum absolute atomic E-state index is 0.0369. The lowest BCUT2D eigenvalue weighted by Gasteiger charge is -2.24. The van der Waals surface area contributed by atoms with Gasteiger partial charge in [0, 0.05) is 29.5 Å². The maximum absolute atomic E-state index is 11.2. The van der Waals surface area contributed by atoms with Gasteiger partial charge in [-0.05, 0) is 12.1 Å². The Hall–Kier alpha value is -3.16. The van der Waals surface area contributed by atoms with Gasteiger partial charge < -0.3 is 15.1 Å². The fourth-order valence-electron chi connectivity index (χ4n) is 2.99. The first-order chi connectivity index (χ1) is 14.6. The third-order valence-corrected chi connectivity index (χ3v) is 5.15. The Morgan fingerprint density at radius 3 is 2.43 bits per heavy atom. The van der Waals surface area contributed by atoms with Gasteiger partial charge in [-0.15, -0.1) is 15.2 Å².